The number of nitriles is 1. The average Bonchev–Trinajstić information content (AvgIpc) is 2.15. The van der Waals surface area contributed by atoms with Gasteiger partial charge in [-0.1, -0.05) is 30.3 Å². The molecular weight excluding hydrogens is 170 g/mol. The van der Waals surface area contributed by atoms with Gasteiger partial charge in [0.1, 0.15) is 0 Å². The van der Waals surface area contributed by atoms with Crippen molar-refractivity contribution in [2.45, 2.75) is 12.3 Å². The summed E-state index contributed by atoms with van der Waals surface area (Å²) in [7, 11) is 0. The third kappa shape index (κ3) is 2.25. The van der Waals surface area contributed by atoms with Crippen LogP contribution in [0.1, 0.15) is 17.9 Å². The molecule has 0 aliphatic rings. The molecule has 0 radical (unpaired) electrons. The fourth-order valence-electron chi connectivity index (χ4n) is 1.10. The van der Waals surface area contributed by atoms with E-state index in [4.69, 9.17) is 16.9 Å². The van der Waals surface area contributed by atoms with Gasteiger partial charge in [0.15, 0.2) is 0 Å². The molecule has 0 unspecified atom stereocenters. The molecule has 1 aromatic carbocycles. The van der Waals surface area contributed by atoms with Gasteiger partial charge in [-0.3, -0.25) is 0 Å². The molecule has 0 bridgehead atoms. The fourth-order valence-corrected chi connectivity index (χ4v) is 1.32. The van der Waals surface area contributed by atoms with Gasteiger partial charge in [0.25, 0.3) is 0 Å². The second-order valence-electron chi connectivity index (χ2n) is 2.57. The zero-order chi connectivity index (χ0) is 8.81. The fraction of sp³-hybridized carbons (Fsp3) is 0.300. The monoisotopic (exact) mass is 179 g/mol. The minimum Gasteiger partial charge on any atom is -0.198 e. The molecule has 0 heterocycles. The van der Waals surface area contributed by atoms with Crippen LogP contribution < -0.4 is 0 Å². The highest BCUT2D eigenvalue weighted by atomic mass is 35.5. The molecular formula is C10H10ClN. The van der Waals surface area contributed by atoms with Gasteiger partial charge in [-0.05, 0) is 12.0 Å². The maximum absolute atomic E-state index is 8.80. The number of nitrogens with zero attached hydrogens (tertiary/aromatic N) is 1. The summed E-state index contributed by atoms with van der Waals surface area (Å²) >= 11 is 5.57. The van der Waals surface area contributed by atoms with Crippen molar-refractivity contribution in [2.24, 2.45) is 0 Å². The number of alkyl halides is 1. The van der Waals surface area contributed by atoms with Crippen LogP contribution in [0.25, 0.3) is 0 Å². The molecule has 0 aromatic heterocycles. The van der Waals surface area contributed by atoms with Gasteiger partial charge in [0, 0.05) is 5.88 Å². The third-order valence-electron chi connectivity index (χ3n) is 1.76. The summed E-state index contributed by atoms with van der Waals surface area (Å²) in [4.78, 5) is 0. The van der Waals surface area contributed by atoms with E-state index in [1.165, 1.54) is 0 Å². The first kappa shape index (κ1) is 9.09. The summed E-state index contributed by atoms with van der Waals surface area (Å²) in [5.41, 5.74) is 1.06. The molecule has 0 spiro atoms. The molecule has 0 aliphatic heterocycles. The number of rotatable bonds is 3. The lowest BCUT2D eigenvalue weighted by Crippen LogP contribution is -1.95. The van der Waals surface area contributed by atoms with Crippen molar-refractivity contribution >= 4 is 11.6 Å². The zero-order valence-corrected chi connectivity index (χ0v) is 7.46. The van der Waals surface area contributed by atoms with Crippen LogP contribution in [-0.4, -0.2) is 5.88 Å². The van der Waals surface area contributed by atoms with E-state index < -0.39 is 0 Å². The molecule has 0 saturated heterocycles. The summed E-state index contributed by atoms with van der Waals surface area (Å²) in [6.45, 7) is 0. The van der Waals surface area contributed by atoms with Crippen molar-refractivity contribution in [3.63, 3.8) is 0 Å². The van der Waals surface area contributed by atoms with Crippen LogP contribution in [0, 0.1) is 11.3 Å². The van der Waals surface area contributed by atoms with Crippen LogP contribution in [0.15, 0.2) is 30.3 Å². The van der Waals surface area contributed by atoms with Crippen molar-refractivity contribution in [1.29, 1.82) is 5.26 Å². The molecule has 0 fully saturated rings. The van der Waals surface area contributed by atoms with E-state index in [1.54, 1.807) is 0 Å². The molecule has 62 valence electrons. The van der Waals surface area contributed by atoms with Crippen LogP contribution in [-0.2, 0) is 0 Å². The minimum atomic E-state index is -0.0521. The average molecular weight is 180 g/mol. The number of hydrogen-bond donors (Lipinski definition) is 0. The van der Waals surface area contributed by atoms with Crippen LogP contribution >= 0.6 is 11.6 Å². The largest absolute Gasteiger partial charge is 0.198 e. The third-order valence-corrected chi connectivity index (χ3v) is 1.97. The highest BCUT2D eigenvalue weighted by Crippen LogP contribution is 2.18. The minimum absolute atomic E-state index is 0.0521. The van der Waals surface area contributed by atoms with Gasteiger partial charge in [-0.25, -0.2) is 0 Å². The summed E-state index contributed by atoms with van der Waals surface area (Å²) in [6, 6.07) is 12.0. The Morgan fingerprint density at radius 2 is 2.00 bits per heavy atom. The highest BCUT2D eigenvalue weighted by molar-refractivity contribution is 6.17. The normalized spacial score (nSPS) is 12.0. The maximum atomic E-state index is 8.80. The Balaban J connectivity index is 2.75. The summed E-state index contributed by atoms with van der Waals surface area (Å²) in [5.74, 6) is 0.483. The van der Waals surface area contributed by atoms with Crippen molar-refractivity contribution in [3.05, 3.63) is 35.9 Å². The lowest BCUT2D eigenvalue weighted by Gasteiger charge is -2.05. The van der Waals surface area contributed by atoms with Gasteiger partial charge in [0.05, 0.1) is 12.0 Å². The van der Waals surface area contributed by atoms with Crippen LogP contribution in [0.3, 0.4) is 0 Å². The predicted molar refractivity (Wildman–Crippen MR) is 50.1 cm³/mol. The first-order chi connectivity index (χ1) is 5.88. The van der Waals surface area contributed by atoms with E-state index in [2.05, 4.69) is 6.07 Å². The van der Waals surface area contributed by atoms with Crippen LogP contribution in [0.2, 0.25) is 0 Å². The Morgan fingerprint density at radius 3 is 2.50 bits per heavy atom. The lowest BCUT2D eigenvalue weighted by atomic mass is 9.98. The lowest BCUT2D eigenvalue weighted by molar-refractivity contribution is 0.824. The second kappa shape index (κ2) is 4.79. The van der Waals surface area contributed by atoms with Gasteiger partial charge in [-0.2, -0.15) is 5.26 Å². The molecule has 0 N–H and O–H groups in total. The number of halogens is 1. The van der Waals surface area contributed by atoms with Gasteiger partial charge >= 0.3 is 0 Å². The highest BCUT2D eigenvalue weighted by Gasteiger charge is 2.07. The standard InChI is InChI=1S/C10H10ClN/c11-7-6-10(8-12)9-4-2-1-3-5-9/h1-5,10H,6-7H2/t10-/m0/s1. The Hall–Kier alpha value is -1.00. The molecule has 1 nitrogen and oxygen atoms in total. The first-order valence-corrected chi connectivity index (χ1v) is 4.42. The Labute approximate surface area is 77.6 Å². The van der Waals surface area contributed by atoms with Gasteiger partial charge in [-0.15, -0.1) is 11.6 Å². The van der Waals surface area contributed by atoms with Gasteiger partial charge < -0.3 is 0 Å². The predicted octanol–water partition coefficient (Wildman–Crippen LogP) is 2.92. The van der Waals surface area contributed by atoms with Crippen molar-refractivity contribution in [2.75, 3.05) is 5.88 Å². The molecule has 2 heteroatoms. The topological polar surface area (TPSA) is 23.8 Å². The number of benzene rings is 1. The SMILES string of the molecule is N#C[C@H](CCCl)c1ccccc1. The van der Waals surface area contributed by atoms with E-state index in [-0.39, 0.29) is 5.92 Å². The molecule has 0 saturated carbocycles. The Bertz CT molecular complexity index is 263. The van der Waals surface area contributed by atoms with Crippen molar-refractivity contribution in [3.8, 4) is 6.07 Å². The Morgan fingerprint density at radius 1 is 1.33 bits per heavy atom. The van der Waals surface area contributed by atoms with E-state index in [0.717, 1.165) is 12.0 Å². The van der Waals surface area contributed by atoms with Gasteiger partial charge in [0.2, 0.25) is 0 Å². The van der Waals surface area contributed by atoms with Crippen LogP contribution in [0.5, 0.6) is 0 Å². The molecule has 12 heavy (non-hydrogen) atoms. The first-order valence-electron chi connectivity index (χ1n) is 3.89. The summed E-state index contributed by atoms with van der Waals surface area (Å²) in [6.07, 6.45) is 0.724. The zero-order valence-electron chi connectivity index (χ0n) is 6.70. The van der Waals surface area contributed by atoms with E-state index in [1.807, 2.05) is 30.3 Å². The quantitative estimate of drug-likeness (QED) is 0.655. The maximum Gasteiger partial charge on any atom is 0.0724 e. The van der Waals surface area contributed by atoms with E-state index in [9.17, 15) is 0 Å². The van der Waals surface area contributed by atoms with Crippen molar-refractivity contribution in [1.82, 2.24) is 0 Å². The number of hydrogen-bond acceptors (Lipinski definition) is 1. The Kier molecular flexibility index (Phi) is 3.63. The molecule has 0 amide bonds. The molecule has 1 atom stereocenters. The smallest absolute Gasteiger partial charge is 0.0724 e. The molecule has 0 aliphatic carbocycles. The second-order valence-corrected chi connectivity index (χ2v) is 2.95. The van der Waals surface area contributed by atoms with Crippen molar-refractivity contribution < 1.29 is 0 Å². The van der Waals surface area contributed by atoms with E-state index >= 15 is 0 Å². The van der Waals surface area contributed by atoms with E-state index in [0.29, 0.717) is 5.88 Å². The molecule has 1 aromatic rings. The summed E-state index contributed by atoms with van der Waals surface area (Å²) in [5, 5.41) is 8.80. The van der Waals surface area contributed by atoms with Crippen LogP contribution in [0.4, 0.5) is 0 Å². The summed E-state index contributed by atoms with van der Waals surface area (Å²) < 4.78 is 0. The molecule has 1 rings (SSSR count).